The van der Waals surface area contributed by atoms with Crippen molar-refractivity contribution < 1.29 is 33.7 Å². The monoisotopic (exact) mass is 732 g/mol. The summed E-state index contributed by atoms with van der Waals surface area (Å²) in [7, 11) is 0. The summed E-state index contributed by atoms with van der Waals surface area (Å²) in [5.41, 5.74) is 2.10. The Labute approximate surface area is 279 Å². The highest BCUT2D eigenvalue weighted by Gasteiger charge is 2.52. The van der Waals surface area contributed by atoms with E-state index in [0.29, 0.717) is 16.7 Å². The number of benzene rings is 2. The third-order valence-corrected chi connectivity index (χ3v) is 8.82. The van der Waals surface area contributed by atoms with Gasteiger partial charge in [-0.25, -0.2) is 4.79 Å². The Morgan fingerprint density at radius 1 is 0.933 bits per heavy atom. The van der Waals surface area contributed by atoms with Gasteiger partial charge in [0, 0.05) is 47.1 Å². The Bertz CT molecular complexity index is 1340. The van der Waals surface area contributed by atoms with Crippen LogP contribution in [0.25, 0.3) is 0 Å². The standard InChI is InChI=1S/C35H45IN2O7/c1-3-5-7-15-35(16-8-6-4-2)44-30-22-27(21-29(31(30)45-35)43-34(42)26-13-10-14-28(36)20-26)33(41)38-23-24-11-9-12-25(19-24)32(40)37-17-18-39/h9-14,19-20,22,29-31,39H,3-8,15-18,21,23H2,1-2H3,(H,37,40)(H,38,41). The van der Waals surface area contributed by atoms with Crippen LogP contribution in [0.4, 0.5) is 0 Å². The Balaban J connectivity index is 1.53. The largest absolute Gasteiger partial charge is 0.456 e. The summed E-state index contributed by atoms with van der Waals surface area (Å²) in [6, 6.07) is 14.2. The molecule has 0 bridgehead atoms. The summed E-state index contributed by atoms with van der Waals surface area (Å²) in [4.78, 5) is 39.1. The molecular weight excluding hydrogens is 687 g/mol. The van der Waals surface area contributed by atoms with Gasteiger partial charge >= 0.3 is 5.97 Å². The number of aliphatic hydroxyl groups excluding tert-OH is 1. The first-order chi connectivity index (χ1) is 21.8. The number of carbonyl (C=O) groups is 3. The highest BCUT2D eigenvalue weighted by molar-refractivity contribution is 14.1. The number of unbranched alkanes of at least 4 members (excludes halogenated alkanes) is 4. The first kappa shape index (κ1) is 35.1. The number of rotatable bonds is 16. The number of aliphatic hydroxyl groups is 1. The topological polar surface area (TPSA) is 123 Å². The summed E-state index contributed by atoms with van der Waals surface area (Å²) in [6.07, 6.45) is 7.96. The maximum absolute atomic E-state index is 13.5. The van der Waals surface area contributed by atoms with Gasteiger partial charge in [0.2, 0.25) is 5.91 Å². The van der Waals surface area contributed by atoms with Gasteiger partial charge in [-0.2, -0.15) is 0 Å². The second-order valence-electron chi connectivity index (χ2n) is 11.7. The van der Waals surface area contributed by atoms with Crippen molar-refractivity contribution >= 4 is 40.4 Å². The van der Waals surface area contributed by atoms with Gasteiger partial charge in [-0.3, -0.25) is 9.59 Å². The Morgan fingerprint density at radius 3 is 2.33 bits per heavy atom. The van der Waals surface area contributed by atoms with Crippen molar-refractivity contribution in [1.82, 2.24) is 10.6 Å². The molecule has 4 rings (SSSR count). The van der Waals surface area contributed by atoms with Crippen LogP contribution < -0.4 is 10.6 Å². The molecule has 1 aliphatic carbocycles. The molecule has 3 unspecified atom stereocenters. The molecular formula is C35H45IN2O7. The van der Waals surface area contributed by atoms with Crippen LogP contribution in [0.1, 0.15) is 97.9 Å². The van der Waals surface area contributed by atoms with Crippen LogP contribution in [0.5, 0.6) is 0 Å². The minimum atomic E-state index is -0.786. The maximum Gasteiger partial charge on any atom is 0.338 e. The highest BCUT2D eigenvalue weighted by atomic mass is 127. The number of hydrogen-bond donors (Lipinski definition) is 3. The van der Waals surface area contributed by atoms with Gasteiger partial charge in [0.05, 0.1) is 12.2 Å². The van der Waals surface area contributed by atoms with Crippen LogP contribution >= 0.6 is 22.6 Å². The predicted molar refractivity (Wildman–Crippen MR) is 180 cm³/mol. The molecule has 0 spiro atoms. The van der Waals surface area contributed by atoms with Crippen LogP contribution in [0.3, 0.4) is 0 Å². The molecule has 2 aromatic rings. The third kappa shape index (κ3) is 9.84. The fraction of sp³-hybridized carbons (Fsp3) is 0.514. The quantitative estimate of drug-likeness (QED) is 0.113. The smallest absolute Gasteiger partial charge is 0.338 e. The maximum atomic E-state index is 13.5. The van der Waals surface area contributed by atoms with Crippen LogP contribution in [0.2, 0.25) is 0 Å². The van der Waals surface area contributed by atoms with Crippen molar-refractivity contribution in [2.75, 3.05) is 13.2 Å². The normalized spacial score (nSPS) is 20.2. The van der Waals surface area contributed by atoms with Gasteiger partial charge in [-0.05, 0) is 77.4 Å². The van der Waals surface area contributed by atoms with Gasteiger partial charge in [0.1, 0.15) is 18.3 Å². The average molecular weight is 733 g/mol. The first-order valence-corrected chi connectivity index (χ1v) is 17.1. The molecule has 1 saturated heterocycles. The SMILES string of the molecule is CCCCCC1(CCCCC)OC2C=C(C(=O)NCc3cccc(C(=O)NCCO)c3)CC(OC(=O)c3cccc(I)c3)C2O1. The first-order valence-electron chi connectivity index (χ1n) is 16.1. The van der Waals surface area contributed by atoms with E-state index in [0.717, 1.165) is 60.5 Å². The molecule has 1 heterocycles. The molecule has 2 amide bonds. The molecule has 244 valence electrons. The number of amides is 2. The second kappa shape index (κ2) is 17.2. The van der Waals surface area contributed by atoms with E-state index in [4.69, 9.17) is 19.3 Å². The Kier molecular flexibility index (Phi) is 13.4. The van der Waals surface area contributed by atoms with Gasteiger partial charge in [-0.1, -0.05) is 57.7 Å². The van der Waals surface area contributed by atoms with E-state index in [9.17, 15) is 14.4 Å². The van der Waals surface area contributed by atoms with Crippen molar-refractivity contribution in [3.05, 3.63) is 80.4 Å². The van der Waals surface area contributed by atoms with Crippen LogP contribution in [0.15, 0.2) is 60.2 Å². The number of carbonyl (C=O) groups excluding carboxylic acids is 3. The fourth-order valence-electron chi connectivity index (χ4n) is 5.81. The van der Waals surface area contributed by atoms with Crippen LogP contribution in [0, 0.1) is 3.57 Å². The summed E-state index contributed by atoms with van der Waals surface area (Å²) in [6.45, 7) is 4.54. The molecule has 0 saturated carbocycles. The van der Waals surface area contributed by atoms with Gasteiger partial charge < -0.3 is 30.0 Å². The lowest BCUT2D eigenvalue weighted by atomic mass is 9.91. The molecule has 45 heavy (non-hydrogen) atoms. The van der Waals surface area contributed by atoms with E-state index in [2.05, 4.69) is 47.1 Å². The molecule has 3 N–H and O–H groups in total. The molecule has 1 aliphatic heterocycles. The highest BCUT2D eigenvalue weighted by Crippen LogP contribution is 2.43. The number of halogens is 1. The Hall–Kier alpha value is -2.80. The minimum Gasteiger partial charge on any atom is -0.456 e. The lowest BCUT2D eigenvalue weighted by Gasteiger charge is -2.31. The number of fused-ring (bicyclic) bond motifs is 1. The van der Waals surface area contributed by atoms with E-state index in [1.54, 1.807) is 30.3 Å². The van der Waals surface area contributed by atoms with E-state index in [1.807, 2.05) is 24.3 Å². The van der Waals surface area contributed by atoms with Crippen molar-refractivity contribution in [1.29, 1.82) is 0 Å². The van der Waals surface area contributed by atoms with Crippen molar-refractivity contribution in [2.45, 2.75) is 102 Å². The van der Waals surface area contributed by atoms with E-state index in [-0.39, 0.29) is 37.9 Å². The van der Waals surface area contributed by atoms with E-state index < -0.39 is 30.1 Å². The van der Waals surface area contributed by atoms with Crippen molar-refractivity contribution in [3.63, 3.8) is 0 Å². The minimum absolute atomic E-state index is 0.146. The number of nitrogens with one attached hydrogen (secondary N) is 2. The molecule has 0 aromatic heterocycles. The number of esters is 1. The number of hydrogen-bond acceptors (Lipinski definition) is 7. The average Bonchev–Trinajstić information content (AvgIpc) is 3.41. The zero-order valence-electron chi connectivity index (χ0n) is 26.2. The summed E-state index contributed by atoms with van der Waals surface area (Å²) < 4.78 is 20.4. The van der Waals surface area contributed by atoms with Crippen LogP contribution in [-0.2, 0) is 25.5 Å². The van der Waals surface area contributed by atoms with Gasteiger partial charge in [0.15, 0.2) is 5.79 Å². The van der Waals surface area contributed by atoms with E-state index in [1.165, 1.54) is 0 Å². The van der Waals surface area contributed by atoms with Gasteiger partial charge in [0.25, 0.3) is 5.91 Å². The lowest BCUT2D eigenvalue weighted by molar-refractivity contribution is -0.190. The molecule has 2 aromatic carbocycles. The van der Waals surface area contributed by atoms with Crippen molar-refractivity contribution in [3.8, 4) is 0 Å². The second-order valence-corrected chi connectivity index (χ2v) is 12.9. The van der Waals surface area contributed by atoms with Crippen molar-refractivity contribution in [2.24, 2.45) is 0 Å². The predicted octanol–water partition coefficient (Wildman–Crippen LogP) is 5.83. The fourth-order valence-corrected chi connectivity index (χ4v) is 6.35. The lowest BCUT2D eigenvalue weighted by Crippen LogP contribution is -2.43. The van der Waals surface area contributed by atoms with Gasteiger partial charge in [-0.15, -0.1) is 0 Å². The molecule has 9 nitrogen and oxygen atoms in total. The third-order valence-electron chi connectivity index (χ3n) is 8.15. The summed E-state index contributed by atoms with van der Waals surface area (Å²) in [5, 5.41) is 14.6. The molecule has 1 fully saturated rings. The molecule has 3 atom stereocenters. The Morgan fingerprint density at radius 2 is 1.64 bits per heavy atom. The van der Waals surface area contributed by atoms with Crippen LogP contribution in [-0.4, -0.2) is 60.1 Å². The molecule has 2 aliphatic rings. The number of ether oxygens (including phenoxy) is 3. The molecule has 0 radical (unpaired) electrons. The summed E-state index contributed by atoms with van der Waals surface area (Å²) in [5.74, 6) is -1.84. The summed E-state index contributed by atoms with van der Waals surface area (Å²) >= 11 is 2.16. The zero-order chi connectivity index (χ0) is 32.2. The zero-order valence-corrected chi connectivity index (χ0v) is 28.3. The van der Waals surface area contributed by atoms with E-state index >= 15 is 0 Å². The molecule has 10 heteroatoms.